The summed E-state index contributed by atoms with van der Waals surface area (Å²) in [6, 6.07) is 0. The zero-order chi connectivity index (χ0) is 31.8. The van der Waals surface area contributed by atoms with Crippen molar-refractivity contribution in [2.24, 2.45) is 45.3 Å². The zero-order valence-electron chi connectivity index (χ0n) is 28.2. The van der Waals surface area contributed by atoms with Crippen molar-refractivity contribution in [2.45, 2.75) is 162 Å². The molecule has 5 N–H and O–H groups in total. The summed E-state index contributed by atoms with van der Waals surface area (Å²) in [7, 11) is 0. The van der Waals surface area contributed by atoms with Crippen LogP contribution in [0.2, 0.25) is 0 Å². The molecular weight excluding hydrogens is 544 g/mol. The van der Waals surface area contributed by atoms with E-state index in [2.05, 4.69) is 54.5 Å². The monoisotopic (exact) mass is 606 g/mol. The average molecular weight is 607 g/mol. The highest BCUT2D eigenvalue weighted by Gasteiger charge is 2.71. The van der Waals surface area contributed by atoms with Gasteiger partial charge in [0, 0.05) is 6.42 Å². The predicted octanol–water partition coefficient (Wildman–Crippen LogP) is 5.35. The lowest BCUT2D eigenvalue weighted by Crippen LogP contribution is -2.67. The van der Waals surface area contributed by atoms with Crippen LogP contribution in [0.3, 0.4) is 0 Å². The highest BCUT2D eigenvalue weighted by atomic mass is 16.7. The molecule has 7 heteroatoms. The lowest BCUT2D eigenvalue weighted by atomic mass is 9.35. The topological polar surface area (TPSA) is 120 Å². The Balaban J connectivity index is 1.36. The van der Waals surface area contributed by atoms with Crippen LogP contribution in [0.5, 0.6) is 0 Å². The molecule has 0 aromatic carbocycles. The maximum absolute atomic E-state index is 12.0. The van der Waals surface area contributed by atoms with E-state index in [1.807, 2.05) is 6.92 Å². The molecule has 0 aromatic rings. The highest BCUT2D eigenvalue weighted by Crippen LogP contribution is 2.76. The Morgan fingerprint density at radius 2 is 1.58 bits per heavy atom. The predicted molar refractivity (Wildman–Crippen MR) is 167 cm³/mol. The maximum atomic E-state index is 12.0. The molecule has 1 saturated heterocycles. The molecule has 5 rings (SSSR count). The number of hydrogen-bond acceptors (Lipinski definition) is 7. The Kier molecular flexibility index (Phi) is 9.13. The fraction of sp³-hybridized carbons (Fsp3) is 0.944. The van der Waals surface area contributed by atoms with Crippen LogP contribution in [0.25, 0.3) is 0 Å². The molecule has 0 amide bonds. The normalized spacial score (nSPS) is 50.6. The number of aliphatic hydroxyl groups excluding tert-OH is 4. The van der Waals surface area contributed by atoms with Crippen molar-refractivity contribution in [3.8, 4) is 0 Å². The van der Waals surface area contributed by atoms with E-state index in [1.54, 1.807) is 0 Å². The number of fused-ring (bicyclic) bond motifs is 5. The van der Waals surface area contributed by atoms with Crippen LogP contribution in [-0.2, 0) is 9.47 Å². The molecule has 5 aliphatic rings. The summed E-state index contributed by atoms with van der Waals surface area (Å²) in [6.07, 6.45) is 6.84. The van der Waals surface area contributed by atoms with Crippen molar-refractivity contribution in [3.05, 3.63) is 11.6 Å². The molecule has 0 bridgehead atoms. The van der Waals surface area contributed by atoms with Gasteiger partial charge in [0.05, 0.1) is 30.5 Å². The van der Waals surface area contributed by atoms with Gasteiger partial charge in [-0.2, -0.15) is 0 Å². The summed E-state index contributed by atoms with van der Waals surface area (Å²) >= 11 is 0. The smallest absolute Gasteiger partial charge is 0.161 e. The minimum atomic E-state index is -1.11. The van der Waals surface area contributed by atoms with Gasteiger partial charge in [-0.3, -0.25) is 0 Å². The van der Waals surface area contributed by atoms with E-state index in [4.69, 9.17) is 9.47 Å². The van der Waals surface area contributed by atoms with Crippen LogP contribution in [0.15, 0.2) is 11.6 Å². The van der Waals surface area contributed by atoms with Gasteiger partial charge < -0.3 is 35.0 Å². The summed E-state index contributed by atoms with van der Waals surface area (Å²) in [5.41, 5.74) is 0.437. The molecule has 14 atom stereocenters. The number of aliphatic hydroxyl groups is 5. The zero-order valence-corrected chi connectivity index (χ0v) is 28.2. The van der Waals surface area contributed by atoms with E-state index in [0.717, 1.165) is 57.8 Å². The molecule has 0 spiro atoms. The molecule has 7 nitrogen and oxygen atoms in total. The molecule has 1 heterocycles. The third-order valence-corrected chi connectivity index (χ3v) is 14.4. The minimum absolute atomic E-state index is 0.0296. The van der Waals surface area contributed by atoms with Crippen LogP contribution in [0.4, 0.5) is 0 Å². The molecule has 4 aliphatic carbocycles. The second kappa shape index (κ2) is 11.6. The number of rotatable bonds is 7. The largest absolute Gasteiger partial charge is 0.394 e. The standard InChI is InChI=1S/C36H62O7/c1-21(2)10-9-14-36(8,41)22-11-16-35(7)30(22)23(38)18-27-33(5)15-13-28(32(3,4)26(33)12-17-34(27,35)6)43-29-19-24(39)31(40)25(20-37)42-29/h10,22-31,37-41H,9,11-20H2,1-8H3/t22-,23+,24+,25+,26-,27+,28-,29+,30-,31-,33-,34+,35+,36?/m0/s1. The van der Waals surface area contributed by atoms with Crippen LogP contribution in [0, 0.1) is 45.3 Å². The van der Waals surface area contributed by atoms with Crippen molar-refractivity contribution >= 4 is 0 Å². The molecular formula is C36H62O7. The summed E-state index contributed by atoms with van der Waals surface area (Å²) in [5, 5.41) is 54.1. The Labute approximate surface area is 260 Å². The van der Waals surface area contributed by atoms with E-state index in [0.29, 0.717) is 11.8 Å². The van der Waals surface area contributed by atoms with Gasteiger partial charge >= 0.3 is 0 Å². The summed E-state index contributed by atoms with van der Waals surface area (Å²) in [4.78, 5) is 0. The van der Waals surface area contributed by atoms with Gasteiger partial charge in [-0.15, -0.1) is 0 Å². The molecule has 0 radical (unpaired) electrons. The van der Waals surface area contributed by atoms with Gasteiger partial charge in [0.2, 0.25) is 0 Å². The lowest BCUT2D eigenvalue weighted by Gasteiger charge is -2.70. The summed E-state index contributed by atoms with van der Waals surface area (Å²) in [6.45, 7) is 18.0. The fourth-order valence-corrected chi connectivity index (χ4v) is 11.9. The van der Waals surface area contributed by atoms with Gasteiger partial charge in [0.1, 0.15) is 12.2 Å². The first-order valence-corrected chi connectivity index (χ1v) is 17.2. The summed E-state index contributed by atoms with van der Waals surface area (Å²) < 4.78 is 12.5. The molecule has 4 saturated carbocycles. The first-order valence-electron chi connectivity index (χ1n) is 17.2. The van der Waals surface area contributed by atoms with Gasteiger partial charge in [-0.1, -0.05) is 46.3 Å². The molecule has 1 aliphatic heterocycles. The van der Waals surface area contributed by atoms with E-state index in [1.165, 1.54) is 5.57 Å². The number of allylic oxidation sites excluding steroid dienone is 2. The van der Waals surface area contributed by atoms with Crippen molar-refractivity contribution in [1.29, 1.82) is 0 Å². The Bertz CT molecular complexity index is 1040. The third kappa shape index (κ3) is 5.39. The fourth-order valence-electron chi connectivity index (χ4n) is 11.9. The van der Waals surface area contributed by atoms with E-state index < -0.39 is 36.3 Å². The van der Waals surface area contributed by atoms with Crippen molar-refractivity contribution in [2.75, 3.05) is 6.61 Å². The molecule has 43 heavy (non-hydrogen) atoms. The van der Waals surface area contributed by atoms with Gasteiger partial charge in [-0.05, 0) is 124 Å². The van der Waals surface area contributed by atoms with Gasteiger partial charge in [0.15, 0.2) is 6.29 Å². The van der Waals surface area contributed by atoms with Crippen LogP contribution >= 0.6 is 0 Å². The lowest BCUT2D eigenvalue weighted by molar-refractivity contribution is -0.302. The van der Waals surface area contributed by atoms with Gasteiger partial charge in [-0.25, -0.2) is 0 Å². The Morgan fingerprint density at radius 3 is 2.23 bits per heavy atom. The van der Waals surface area contributed by atoms with E-state index >= 15 is 0 Å². The number of hydrogen-bond donors (Lipinski definition) is 5. The van der Waals surface area contributed by atoms with Crippen LogP contribution in [-0.4, -0.2) is 74.6 Å². The van der Waals surface area contributed by atoms with Crippen molar-refractivity contribution in [1.82, 2.24) is 0 Å². The van der Waals surface area contributed by atoms with Crippen LogP contribution < -0.4 is 0 Å². The van der Waals surface area contributed by atoms with Crippen molar-refractivity contribution in [3.63, 3.8) is 0 Å². The summed E-state index contributed by atoms with van der Waals surface area (Å²) in [5.74, 6) is 0.995. The SMILES string of the molecule is CC(C)=CCCC(C)(O)[C@H]1CC[C@]2(C)[C@@H]1[C@H](O)C[C@@H]1[C@@]3(C)CC[C@H](O[C@@H]4C[C@@H](O)[C@H](O)[C@@H](CO)O4)C(C)(C)[C@@H]3CC[C@]12C. The van der Waals surface area contributed by atoms with Gasteiger partial charge in [0.25, 0.3) is 0 Å². The second-order valence-corrected chi connectivity index (χ2v) is 17.2. The first-order chi connectivity index (χ1) is 19.9. The quantitative estimate of drug-likeness (QED) is 0.196. The van der Waals surface area contributed by atoms with E-state index in [9.17, 15) is 25.5 Å². The molecule has 5 fully saturated rings. The maximum Gasteiger partial charge on any atom is 0.161 e. The molecule has 248 valence electrons. The Hall–Kier alpha value is -0.540. The highest BCUT2D eigenvalue weighted by molar-refractivity contribution is 5.20. The molecule has 0 aromatic heterocycles. The minimum Gasteiger partial charge on any atom is -0.394 e. The Morgan fingerprint density at radius 1 is 0.907 bits per heavy atom. The molecule has 1 unspecified atom stereocenters. The van der Waals surface area contributed by atoms with E-state index in [-0.39, 0.29) is 52.6 Å². The van der Waals surface area contributed by atoms with Crippen LogP contribution in [0.1, 0.15) is 120 Å². The second-order valence-electron chi connectivity index (χ2n) is 17.2. The van der Waals surface area contributed by atoms with Crippen molar-refractivity contribution < 1.29 is 35.0 Å². The number of ether oxygens (including phenoxy) is 2. The average Bonchev–Trinajstić information content (AvgIpc) is 3.29. The third-order valence-electron chi connectivity index (χ3n) is 14.4. The first kappa shape index (κ1) is 33.8.